The maximum Gasteiger partial charge on any atom is 0.190 e. The molecule has 0 amide bonds. The Hall–Kier alpha value is -2.34. The van der Waals surface area contributed by atoms with Gasteiger partial charge in [-0.05, 0) is 30.9 Å². The zero-order chi connectivity index (χ0) is 17.6. The number of hydrogen-bond acceptors (Lipinski definition) is 3. The first kappa shape index (κ1) is 19.0. The van der Waals surface area contributed by atoms with E-state index in [-0.39, 0.29) is 0 Å². The van der Waals surface area contributed by atoms with Crippen LogP contribution in [0.15, 0.2) is 53.8 Å². The Morgan fingerprint density at radius 1 is 1.08 bits per heavy atom. The van der Waals surface area contributed by atoms with Crippen molar-refractivity contribution in [2.45, 2.75) is 32.4 Å². The molecule has 6 heteroatoms. The Bertz CT molecular complexity index is 583. The summed E-state index contributed by atoms with van der Waals surface area (Å²) in [6.07, 6.45) is 6.89. The van der Waals surface area contributed by atoms with E-state index in [9.17, 15) is 0 Å². The Labute approximate surface area is 150 Å². The predicted molar refractivity (Wildman–Crippen MR) is 102 cm³/mol. The standard InChI is InChI=1S/C19H29N5O/c1-20-19(22-12-7-14-24-15-8-13-23-24)21-11-5-6-16-25-17-18-9-3-2-4-10-18/h2-4,8-10,13,15H,5-7,11-12,14,16-17H2,1H3,(H2,20,21,22). The summed E-state index contributed by atoms with van der Waals surface area (Å²) in [6, 6.07) is 12.2. The minimum absolute atomic E-state index is 0.688. The minimum Gasteiger partial charge on any atom is -0.377 e. The van der Waals surface area contributed by atoms with E-state index in [4.69, 9.17) is 4.74 Å². The Balaban J connectivity index is 1.44. The zero-order valence-corrected chi connectivity index (χ0v) is 15.0. The van der Waals surface area contributed by atoms with Gasteiger partial charge in [0.15, 0.2) is 5.96 Å². The van der Waals surface area contributed by atoms with Crippen LogP contribution < -0.4 is 10.6 Å². The van der Waals surface area contributed by atoms with Gasteiger partial charge in [-0.2, -0.15) is 5.10 Å². The van der Waals surface area contributed by atoms with Crippen molar-refractivity contribution < 1.29 is 4.74 Å². The van der Waals surface area contributed by atoms with E-state index in [2.05, 4.69) is 32.9 Å². The van der Waals surface area contributed by atoms with Gasteiger partial charge in [0, 0.05) is 45.7 Å². The molecule has 1 heterocycles. The van der Waals surface area contributed by atoms with Gasteiger partial charge in [0.25, 0.3) is 0 Å². The summed E-state index contributed by atoms with van der Waals surface area (Å²) in [4.78, 5) is 4.24. The zero-order valence-electron chi connectivity index (χ0n) is 15.0. The van der Waals surface area contributed by atoms with Gasteiger partial charge in [-0.3, -0.25) is 9.67 Å². The molecular formula is C19H29N5O. The van der Waals surface area contributed by atoms with E-state index in [1.54, 1.807) is 13.2 Å². The highest BCUT2D eigenvalue weighted by Crippen LogP contribution is 2.01. The van der Waals surface area contributed by atoms with Gasteiger partial charge in [0.05, 0.1) is 6.61 Å². The SMILES string of the molecule is CN=C(NCCCCOCc1ccccc1)NCCCn1cccn1. The van der Waals surface area contributed by atoms with E-state index in [1.807, 2.05) is 35.1 Å². The molecule has 0 aliphatic rings. The summed E-state index contributed by atoms with van der Waals surface area (Å²) < 4.78 is 7.62. The van der Waals surface area contributed by atoms with Crippen LogP contribution in [0.3, 0.4) is 0 Å². The van der Waals surface area contributed by atoms with Crippen LogP contribution in [0, 0.1) is 0 Å². The molecule has 0 fully saturated rings. The normalized spacial score (nSPS) is 11.5. The summed E-state index contributed by atoms with van der Waals surface area (Å²) in [5.74, 6) is 0.852. The lowest BCUT2D eigenvalue weighted by Crippen LogP contribution is -2.38. The first-order valence-corrected chi connectivity index (χ1v) is 8.92. The summed E-state index contributed by atoms with van der Waals surface area (Å²) in [6.45, 7) is 4.16. The molecule has 0 aliphatic carbocycles. The van der Waals surface area contributed by atoms with E-state index in [0.717, 1.165) is 51.5 Å². The molecule has 0 saturated heterocycles. The average Bonchev–Trinajstić information content (AvgIpc) is 3.17. The molecule has 0 radical (unpaired) electrons. The van der Waals surface area contributed by atoms with Crippen molar-refractivity contribution in [2.24, 2.45) is 4.99 Å². The van der Waals surface area contributed by atoms with Gasteiger partial charge in [-0.25, -0.2) is 0 Å². The lowest BCUT2D eigenvalue weighted by Gasteiger charge is -2.12. The lowest BCUT2D eigenvalue weighted by molar-refractivity contribution is 0.117. The van der Waals surface area contributed by atoms with Crippen LogP contribution in [-0.4, -0.2) is 42.5 Å². The minimum atomic E-state index is 0.688. The topological polar surface area (TPSA) is 63.5 Å². The molecule has 0 atom stereocenters. The monoisotopic (exact) mass is 343 g/mol. The highest BCUT2D eigenvalue weighted by Gasteiger charge is 1.98. The lowest BCUT2D eigenvalue weighted by atomic mass is 10.2. The number of aryl methyl sites for hydroxylation is 1. The second-order valence-electron chi connectivity index (χ2n) is 5.79. The maximum atomic E-state index is 5.69. The molecule has 0 unspecified atom stereocenters. The second-order valence-corrected chi connectivity index (χ2v) is 5.79. The number of hydrogen-bond donors (Lipinski definition) is 2. The van der Waals surface area contributed by atoms with Crippen molar-refractivity contribution in [3.8, 4) is 0 Å². The van der Waals surface area contributed by atoms with Crippen LogP contribution in [0.5, 0.6) is 0 Å². The van der Waals surface area contributed by atoms with Crippen LogP contribution >= 0.6 is 0 Å². The molecule has 136 valence electrons. The molecule has 0 aliphatic heterocycles. The van der Waals surface area contributed by atoms with Crippen molar-refractivity contribution >= 4 is 5.96 Å². The third-order valence-corrected chi connectivity index (χ3v) is 3.76. The highest BCUT2D eigenvalue weighted by atomic mass is 16.5. The second kappa shape index (κ2) is 12.1. The number of ether oxygens (including phenoxy) is 1. The maximum absolute atomic E-state index is 5.69. The number of nitrogens with zero attached hydrogens (tertiary/aromatic N) is 3. The highest BCUT2D eigenvalue weighted by molar-refractivity contribution is 5.79. The molecule has 2 rings (SSSR count). The fourth-order valence-electron chi connectivity index (χ4n) is 2.40. The van der Waals surface area contributed by atoms with Crippen molar-refractivity contribution in [2.75, 3.05) is 26.7 Å². The van der Waals surface area contributed by atoms with Gasteiger partial charge in [-0.1, -0.05) is 30.3 Å². The molecule has 1 aromatic carbocycles. The average molecular weight is 343 g/mol. The molecule has 25 heavy (non-hydrogen) atoms. The quantitative estimate of drug-likeness (QED) is 0.374. The fourth-order valence-corrected chi connectivity index (χ4v) is 2.40. The van der Waals surface area contributed by atoms with Crippen LogP contribution in [0.2, 0.25) is 0 Å². The summed E-state index contributed by atoms with van der Waals surface area (Å²) >= 11 is 0. The Kier molecular flexibility index (Phi) is 9.18. The smallest absolute Gasteiger partial charge is 0.190 e. The van der Waals surface area contributed by atoms with Crippen LogP contribution in [-0.2, 0) is 17.9 Å². The third kappa shape index (κ3) is 8.35. The van der Waals surface area contributed by atoms with Crippen molar-refractivity contribution in [3.63, 3.8) is 0 Å². The Morgan fingerprint density at radius 2 is 1.88 bits per heavy atom. The molecule has 1 aromatic heterocycles. The van der Waals surface area contributed by atoms with Crippen LogP contribution in [0.25, 0.3) is 0 Å². The van der Waals surface area contributed by atoms with Gasteiger partial charge >= 0.3 is 0 Å². The number of aromatic nitrogens is 2. The predicted octanol–water partition coefficient (Wildman–Crippen LogP) is 2.44. The van der Waals surface area contributed by atoms with Crippen LogP contribution in [0.1, 0.15) is 24.8 Å². The number of unbranched alkanes of at least 4 members (excludes halogenated alkanes) is 1. The molecular weight excluding hydrogens is 314 g/mol. The van der Waals surface area contributed by atoms with E-state index in [1.165, 1.54) is 5.56 Å². The fraction of sp³-hybridized carbons (Fsp3) is 0.474. The van der Waals surface area contributed by atoms with Gasteiger partial charge in [0.1, 0.15) is 0 Å². The number of guanidine groups is 1. The molecule has 2 N–H and O–H groups in total. The number of nitrogens with one attached hydrogen (secondary N) is 2. The van der Waals surface area contributed by atoms with Crippen molar-refractivity contribution in [1.29, 1.82) is 0 Å². The molecule has 6 nitrogen and oxygen atoms in total. The summed E-state index contributed by atoms with van der Waals surface area (Å²) in [5.41, 5.74) is 1.22. The number of rotatable bonds is 11. The van der Waals surface area contributed by atoms with Gasteiger partial charge < -0.3 is 15.4 Å². The van der Waals surface area contributed by atoms with Crippen LogP contribution in [0.4, 0.5) is 0 Å². The largest absolute Gasteiger partial charge is 0.377 e. The Morgan fingerprint density at radius 3 is 2.60 bits per heavy atom. The van der Waals surface area contributed by atoms with Gasteiger partial charge in [-0.15, -0.1) is 0 Å². The van der Waals surface area contributed by atoms with Crippen molar-refractivity contribution in [1.82, 2.24) is 20.4 Å². The van der Waals surface area contributed by atoms with E-state index < -0.39 is 0 Å². The first-order valence-electron chi connectivity index (χ1n) is 8.92. The number of aliphatic imine (C=N–C) groups is 1. The molecule has 2 aromatic rings. The van der Waals surface area contributed by atoms with E-state index in [0.29, 0.717) is 6.61 Å². The third-order valence-electron chi connectivity index (χ3n) is 3.76. The molecule has 0 saturated carbocycles. The summed E-state index contributed by atoms with van der Waals surface area (Å²) in [7, 11) is 1.80. The first-order chi connectivity index (χ1) is 12.4. The molecule has 0 spiro atoms. The number of benzene rings is 1. The van der Waals surface area contributed by atoms with Gasteiger partial charge in [0.2, 0.25) is 0 Å². The van der Waals surface area contributed by atoms with E-state index >= 15 is 0 Å². The van der Waals surface area contributed by atoms with Crippen molar-refractivity contribution in [3.05, 3.63) is 54.4 Å². The summed E-state index contributed by atoms with van der Waals surface area (Å²) in [5, 5.41) is 10.8. The molecule has 0 bridgehead atoms.